The van der Waals surface area contributed by atoms with Crippen molar-refractivity contribution in [3.63, 3.8) is 0 Å². The molecule has 0 aliphatic rings. The molecule has 0 saturated heterocycles. The monoisotopic (exact) mass is 350 g/mol. The first-order valence-electron chi connectivity index (χ1n) is 8.56. The fourth-order valence-corrected chi connectivity index (χ4v) is 3.14. The molecule has 1 aromatic carbocycles. The highest BCUT2D eigenvalue weighted by atomic mass is 16.4. The minimum Gasteiger partial charge on any atom is -0.480 e. The highest BCUT2D eigenvalue weighted by Crippen LogP contribution is 2.27. The van der Waals surface area contributed by atoms with Crippen molar-refractivity contribution >= 4 is 28.2 Å². The van der Waals surface area contributed by atoms with E-state index in [4.69, 9.17) is 10.8 Å². The lowest BCUT2D eigenvalue weighted by atomic mass is 9.89. The molecule has 6 heteroatoms. The predicted octanol–water partition coefficient (Wildman–Crippen LogP) is 3.59. The summed E-state index contributed by atoms with van der Waals surface area (Å²) < 4.78 is 0. The number of anilines is 2. The van der Waals surface area contributed by atoms with Crippen molar-refractivity contribution in [3.05, 3.63) is 60.0 Å². The Kier molecular flexibility index (Phi) is 5.14. The fraction of sp³-hybridized carbons (Fsp3) is 0.250. The number of aryl methyl sites for hydroxylation is 1. The fourth-order valence-electron chi connectivity index (χ4n) is 3.14. The van der Waals surface area contributed by atoms with E-state index in [-0.39, 0.29) is 5.92 Å². The lowest BCUT2D eigenvalue weighted by Crippen LogP contribution is -2.36. The van der Waals surface area contributed by atoms with Gasteiger partial charge in [0.25, 0.3) is 0 Å². The number of carbonyl (C=O) groups is 1. The van der Waals surface area contributed by atoms with E-state index in [1.807, 2.05) is 50.2 Å². The van der Waals surface area contributed by atoms with Gasteiger partial charge in [-0.2, -0.15) is 0 Å². The third kappa shape index (κ3) is 3.65. The first-order valence-corrected chi connectivity index (χ1v) is 8.56. The second-order valence-electron chi connectivity index (χ2n) is 6.33. The van der Waals surface area contributed by atoms with Gasteiger partial charge in [-0.1, -0.05) is 19.1 Å². The number of nitrogens with one attached hydrogen (secondary N) is 1. The zero-order valence-corrected chi connectivity index (χ0v) is 14.8. The molecule has 26 heavy (non-hydrogen) atoms. The zero-order chi connectivity index (χ0) is 18.7. The summed E-state index contributed by atoms with van der Waals surface area (Å²) in [6.07, 6.45) is 4.21. The number of rotatable bonds is 6. The van der Waals surface area contributed by atoms with Crippen molar-refractivity contribution < 1.29 is 9.90 Å². The van der Waals surface area contributed by atoms with Crippen LogP contribution in [-0.2, 0) is 4.79 Å². The van der Waals surface area contributed by atoms with Gasteiger partial charge in [0.15, 0.2) is 0 Å². The molecule has 0 bridgehead atoms. The van der Waals surface area contributed by atoms with Crippen molar-refractivity contribution in [3.8, 4) is 0 Å². The number of nitrogens with two attached hydrogens (primary N) is 1. The van der Waals surface area contributed by atoms with Crippen LogP contribution in [0.4, 0.5) is 11.5 Å². The van der Waals surface area contributed by atoms with Crippen molar-refractivity contribution in [1.29, 1.82) is 0 Å². The summed E-state index contributed by atoms with van der Waals surface area (Å²) in [5.41, 5.74) is 8.51. The van der Waals surface area contributed by atoms with Crippen molar-refractivity contribution in [2.24, 2.45) is 5.73 Å². The molecule has 0 saturated carbocycles. The topological polar surface area (TPSA) is 101 Å². The largest absolute Gasteiger partial charge is 0.480 e. The zero-order valence-electron chi connectivity index (χ0n) is 14.8. The Morgan fingerprint density at radius 3 is 2.65 bits per heavy atom. The van der Waals surface area contributed by atoms with Crippen LogP contribution in [-0.4, -0.2) is 27.1 Å². The van der Waals surface area contributed by atoms with Gasteiger partial charge in [0.05, 0.1) is 0 Å². The van der Waals surface area contributed by atoms with Crippen LogP contribution >= 0.6 is 0 Å². The Bertz CT molecular complexity index is 925. The number of nitrogens with zero attached hydrogens (tertiary/aromatic N) is 2. The molecule has 0 fully saturated rings. The number of hydrogen-bond acceptors (Lipinski definition) is 5. The van der Waals surface area contributed by atoms with E-state index in [0.717, 1.165) is 33.5 Å². The molecule has 2 aromatic heterocycles. The summed E-state index contributed by atoms with van der Waals surface area (Å²) in [5.74, 6) is -0.458. The van der Waals surface area contributed by atoms with Gasteiger partial charge in [0.1, 0.15) is 11.9 Å². The first-order chi connectivity index (χ1) is 12.5. The van der Waals surface area contributed by atoms with Crippen LogP contribution in [0.5, 0.6) is 0 Å². The highest BCUT2D eigenvalue weighted by Gasteiger charge is 2.24. The summed E-state index contributed by atoms with van der Waals surface area (Å²) in [6.45, 7) is 3.89. The summed E-state index contributed by atoms with van der Waals surface area (Å²) in [5, 5.41) is 14.5. The quantitative estimate of drug-likeness (QED) is 0.628. The Balaban J connectivity index is 1.87. The van der Waals surface area contributed by atoms with Crippen LogP contribution in [0.1, 0.15) is 30.5 Å². The third-order valence-electron chi connectivity index (χ3n) is 4.52. The molecular weight excluding hydrogens is 328 g/mol. The van der Waals surface area contributed by atoms with Gasteiger partial charge < -0.3 is 16.2 Å². The van der Waals surface area contributed by atoms with Gasteiger partial charge in [-0.3, -0.25) is 9.78 Å². The molecule has 6 nitrogen and oxygen atoms in total. The standard InChI is InChI=1S/C20H22N4O2/c1-3-16(18(21)20(25)26)13-4-6-15(7-5-13)24-19-17-11-22-9-8-14(17)10-12(2)23-19/h4-11,16,18H,3,21H2,1-2H3,(H,23,24)(H,25,26)/t16?,18-/m0/s1. The van der Waals surface area contributed by atoms with Crippen LogP contribution in [0.25, 0.3) is 10.8 Å². The molecule has 3 aromatic rings. The van der Waals surface area contributed by atoms with Crippen LogP contribution in [0.2, 0.25) is 0 Å². The second kappa shape index (κ2) is 7.49. The second-order valence-corrected chi connectivity index (χ2v) is 6.33. The van der Waals surface area contributed by atoms with Crippen LogP contribution in [0.15, 0.2) is 48.8 Å². The number of aromatic nitrogens is 2. The van der Waals surface area contributed by atoms with Gasteiger partial charge in [0.2, 0.25) is 0 Å². The highest BCUT2D eigenvalue weighted by molar-refractivity contribution is 5.92. The van der Waals surface area contributed by atoms with Gasteiger partial charge in [-0.05, 0) is 48.6 Å². The third-order valence-corrected chi connectivity index (χ3v) is 4.52. The van der Waals surface area contributed by atoms with Crippen molar-refractivity contribution in [2.75, 3.05) is 5.32 Å². The van der Waals surface area contributed by atoms with E-state index in [2.05, 4.69) is 15.3 Å². The summed E-state index contributed by atoms with van der Waals surface area (Å²) in [6, 6.07) is 10.7. The van der Waals surface area contributed by atoms with Crippen LogP contribution < -0.4 is 11.1 Å². The number of fused-ring (bicyclic) bond motifs is 1. The lowest BCUT2D eigenvalue weighted by molar-refractivity contribution is -0.139. The molecule has 1 unspecified atom stereocenters. The van der Waals surface area contributed by atoms with E-state index in [1.54, 1.807) is 12.4 Å². The number of hydrogen-bond donors (Lipinski definition) is 3. The average Bonchev–Trinajstić information content (AvgIpc) is 2.63. The van der Waals surface area contributed by atoms with Crippen LogP contribution in [0.3, 0.4) is 0 Å². The SMILES string of the molecule is CCC(c1ccc(Nc2nc(C)cc3ccncc23)cc1)[C@H](N)C(=O)O. The molecule has 0 radical (unpaired) electrons. The number of aliphatic carboxylic acids is 1. The number of carboxylic acids is 1. The molecule has 134 valence electrons. The number of carboxylic acid groups (broad SMARTS) is 1. The molecule has 2 atom stereocenters. The molecule has 4 N–H and O–H groups in total. The summed E-state index contributed by atoms with van der Waals surface area (Å²) in [7, 11) is 0. The molecule has 0 aliphatic heterocycles. The van der Waals surface area contributed by atoms with E-state index in [1.165, 1.54) is 0 Å². The Morgan fingerprint density at radius 2 is 2.00 bits per heavy atom. The van der Waals surface area contributed by atoms with Crippen molar-refractivity contribution in [1.82, 2.24) is 9.97 Å². The predicted molar refractivity (Wildman–Crippen MR) is 103 cm³/mol. The number of benzene rings is 1. The molecule has 0 spiro atoms. The van der Waals surface area contributed by atoms with Gasteiger partial charge >= 0.3 is 5.97 Å². The van der Waals surface area contributed by atoms with Crippen LogP contribution in [0, 0.1) is 6.92 Å². The van der Waals surface area contributed by atoms with E-state index < -0.39 is 12.0 Å². The first kappa shape index (κ1) is 17.8. The molecule has 0 aliphatic carbocycles. The molecule has 3 rings (SSSR count). The maximum atomic E-state index is 11.2. The molecular formula is C20H22N4O2. The van der Waals surface area contributed by atoms with Gasteiger partial charge in [-0.15, -0.1) is 0 Å². The smallest absolute Gasteiger partial charge is 0.321 e. The maximum Gasteiger partial charge on any atom is 0.321 e. The molecule has 2 heterocycles. The summed E-state index contributed by atoms with van der Waals surface area (Å²) >= 11 is 0. The Hall–Kier alpha value is -2.99. The average molecular weight is 350 g/mol. The Labute approximate surface area is 152 Å². The lowest BCUT2D eigenvalue weighted by Gasteiger charge is -2.20. The van der Waals surface area contributed by atoms with Gasteiger partial charge in [-0.25, -0.2) is 4.98 Å². The normalized spacial score (nSPS) is 13.3. The maximum absolute atomic E-state index is 11.2. The van der Waals surface area contributed by atoms with E-state index >= 15 is 0 Å². The minimum atomic E-state index is -0.984. The minimum absolute atomic E-state index is 0.219. The van der Waals surface area contributed by atoms with E-state index in [0.29, 0.717) is 6.42 Å². The van der Waals surface area contributed by atoms with Crippen molar-refractivity contribution in [2.45, 2.75) is 32.2 Å². The van der Waals surface area contributed by atoms with E-state index in [9.17, 15) is 4.79 Å². The number of pyridine rings is 2. The van der Waals surface area contributed by atoms with Gasteiger partial charge in [0, 0.05) is 35.1 Å². The summed E-state index contributed by atoms with van der Waals surface area (Å²) in [4.78, 5) is 19.9. The Morgan fingerprint density at radius 1 is 1.27 bits per heavy atom. The molecule has 0 amide bonds.